The van der Waals surface area contributed by atoms with Gasteiger partial charge in [-0.3, -0.25) is 9.36 Å². The zero-order valence-corrected chi connectivity index (χ0v) is 12.8. The van der Waals surface area contributed by atoms with Crippen LogP contribution < -0.4 is 5.56 Å². The van der Waals surface area contributed by atoms with Crippen molar-refractivity contribution in [3.05, 3.63) is 39.9 Å². The second-order valence-corrected chi connectivity index (χ2v) is 6.52. The molecule has 2 atom stereocenters. The van der Waals surface area contributed by atoms with Gasteiger partial charge < -0.3 is 10.0 Å². The fraction of sp³-hybridized carbons (Fsp3) is 0.529. The number of benzene rings is 1. The Balaban J connectivity index is 1.91. The number of hydrogen-bond donors (Lipinski definition) is 1. The molecular weight excluding hydrogens is 278 g/mol. The van der Waals surface area contributed by atoms with Crippen LogP contribution in [0.25, 0.3) is 10.9 Å². The van der Waals surface area contributed by atoms with Crippen LogP contribution in [-0.4, -0.2) is 39.2 Å². The van der Waals surface area contributed by atoms with Crippen LogP contribution in [0.5, 0.6) is 0 Å². The summed E-state index contributed by atoms with van der Waals surface area (Å²) >= 11 is 0. The van der Waals surface area contributed by atoms with Gasteiger partial charge in [0.2, 0.25) is 0 Å². The van der Waals surface area contributed by atoms with Crippen molar-refractivity contribution in [2.75, 3.05) is 13.6 Å². The molecule has 0 spiro atoms. The summed E-state index contributed by atoms with van der Waals surface area (Å²) in [4.78, 5) is 20.1. The molecule has 1 N–H and O–H groups in total. The third-order valence-electron chi connectivity index (χ3n) is 5.27. The van der Waals surface area contributed by atoms with E-state index in [4.69, 9.17) is 4.98 Å². The van der Waals surface area contributed by atoms with Crippen LogP contribution in [0.15, 0.2) is 23.0 Å². The Kier molecular flexibility index (Phi) is 3.27. The minimum Gasteiger partial charge on any atom is -0.392 e. The summed E-state index contributed by atoms with van der Waals surface area (Å²) in [5.41, 5.74) is 1.56. The van der Waals surface area contributed by atoms with E-state index in [9.17, 15) is 9.90 Å². The monoisotopic (exact) mass is 299 g/mol. The lowest BCUT2D eigenvalue weighted by atomic mass is 9.84. The maximum atomic E-state index is 12.8. The van der Waals surface area contributed by atoms with Gasteiger partial charge in [-0.25, -0.2) is 4.98 Å². The lowest BCUT2D eigenvalue weighted by Crippen LogP contribution is -2.47. The summed E-state index contributed by atoms with van der Waals surface area (Å²) in [6.45, 7) is 1.83. The van der Waals surface area contributed by atoms with Crippen molar-refractivity contribution >= 4 is 10.9 Å². The molecule has 3 heterocycles. The summed E-state index contributed by atoms with van der Waals surface area (Å²) in [5.74, 6) is 1.32. The number of aromatic nitrogens is 2. The molecule has 2 aromatic rings. The van der Waals surface area contributed by atoms with Gasteiger partial charge in [-0.1, -0.05) is 6.07 Å². The van der Waals surface area contributed by atoms with Crippen molar-refractivity contribution < 1.29 is 5.11 Å². The predicted molar refractivity (Wildman–Crippen MR) is 84.9 cm³/mol. The van der Waals surface area contributed by atoms with E-state index in [1.807, 2.05) is 16.7 Å². The largest absolute Gasteiger partial charge is 0.392 e. The summed E-state index contributed by atoms with van der Waals surface area (Å²) in [6, 6.07) is 5.99. The maximum Gasteiger partial charge on any atom is 0.261 e. The SMILES string of the molecule is CN1CCC[C@@H]2c3nc4ccc(CO)cc4c(=O)n3CC[C@H]21. The molecule has 1 fully saturated rings. The third-order valence-corrected chi connectivity index (χ3v) is 5.27. The summed E-state index contributed by atoms with van der Waals surface area (Å²) in [5, 5.41) is 9.90. The number of piperidine rings is 1. The van der Waals surface area contributed by atoms with Crippen LogP contribution in [0.2, 0.25) is 0 Å². The molecule has 0 bridgehead atoms. The molecule has 2 aliphatic heterocycles. The minimum absolute atomic E-state index is 0.0435. The normalized spacial score (nSPS) is 25.0. The molecule has 1 saturated heterocycles. The molecule has 0 amide bonds. The molecule has 0 unspecified atom stereocenters. The van der Waals surface area contributed by atoms with Gasteiger partial charge in [0.05, 0.1) is 17.5 Å². The number of aliphatic hydroxyl groups excluding tert-OH is 1. The quantitative estimate of drug-likeness (QED) is 0.866. The second-order valence-electron chi connectivity index (χ2n) is 6.52. The molecular formula is C17H21N3O2. The Hall–Kier alpha value is -1.72. The number of likely N-dealkylation sites (N-methyl/N-ethyl adjacent to an activating group) is 1. The van der Waals surface area contributed by atoms with Gasteiger partial charge in [0.15, 0.2) is 0 Å². The number of rotatable bonds is 1. The second kappa shape index (κ2) is 5.18. The highest BCUT2D eigenvalue weighted by atomic mass is 16.3. The Morgan fingerprint density at radius 3 is 3.00 bits per heavy atom. The average molecular weight is 299 g/mol. The lowest BCUT2D eigenvalue weighted by molar-refractivity contribution is 0.123. The highest BCUT2D eigenvalue weighted by molar-refractivity contribution is 5.78. The zero-order chi connectivity index (χ0) is 15.3. The third kappa shape index (κ3) is 2.00. The Morgan fingerprint density at radius 1 is 1.32 bits per heavy atom. The van der Waals surface area contributed by atoms with Crippen molar-refractivity contribution in [3.8, 4) is 0 Å². The van der Waals surface area contributed by atoms with E-state index in [-0.39, 0.29) is 12.2 Å². The van der Waals surface area contributed by atoms with Gasteiger partial charge in [0.1, 0.15) is 5.82 Å². The van der Waals surface area contributed by atoms with Crippen molar-refractivity contribution in [2.45, 2.75) is 44.4 Å². The number of aliphatic hydroxyl groups is 1. The first-order chi connectivity index (χ1) is 10.7. The number of nitrogens with zero attached hydrogens (tertiary/aromatic N) is 3. The highest BCUT2D eigenvalue weighted by Crippen LogP contribution is 2.36. The van der Waals surface area contributed by atoms with E-state index in [0.717, 1.165) is 49.3 Å². The summed E-state index contributed by atoms with van der Waals surface area (Å²) in [7, 11) is 2.18. The van der Waals surface area contributed by atoms with Gasteiger partial charge in [0.25, 0.3) is 5.56 Å². The Labute approximate surface area is 129 Å². The topological polar surface area (TPSA) is 58.4 Å². The van der Waals surface area contributed by atoms with E-state index >= 15 is 0 Å². The molecule has 1 aromatic carbocycles. The summed E-state index contributed by atoms with van der Waals surface area (Å²) < 4.78 is 1.86. The molecule has 0 radical (unpaired) electrons. The Bertz CT molecular complexity index is 783. The first kappa shape index (κ1) is 13.9. The highest BCUT2D eigenvalue weighted by Gasteiger charge is 2.36. The van der Waals surface area contributed by atoms with E-state index in [2.05, 4.69) is 11.9 Å². The molecule has 4 rings (SSSR count). The van der Waals surface area contributed by atoms with Crippen molar-refractivity contribution in [2.24, 2.45) is 0 Å². The first-order valence-corrected chi connectivity index (χ1v) is 8.03. The lowest BCUT2D eigenvalue weighted by Gasteiger charge is -2.42. The predicted octanol–water partition coefficient (Wildman–Crippen LogP) is 1.47. The fourth-order valence-corrected chi connectivity index (χ4v) is 4.09. The molecule has 0 saturated carbocycles. The Morgan fingerprint density at radius 2 is 2.18 bits per heavy atom. The van der Waals surface area contributed by atoms with Crippen LogP contribution in [0.4, 0.5) is 0 Å². The van der Waals surface area contributed by atoms with Gasteiger partial charge in [-0.2, -0.15) is 0 Å². The molecule has 0 aliphatic carbocycles. The number of likely N-dealkylation sites (tertiary alicyclic amines) is 1. The minimum atomic E-state index is -0.0490. The van der Waals surface area contributed by atoms with Crippen LogP contribution in [0.3, 0.4) is 0 Å². The molecule has 5 heteroatoms. The van der Waals surface area contributed by atoms with E-state index in [1.54, 1.807) is 6.07 Å². The van der Waals surface area contributed by atoms with Crippen LogP contribution in [0, 0.1) is 0 Å². The molecule has 1 aromatic heterocycles. The van der Waals surface area contributed by atoms with Crippen LogP contribution in [0.1, 0.15) is 36.6 Å². The van der Waals surface area contributed by atoms with E-state index in [0.29, 0.717) is 17.3 Å². The van der Waals surface area contributed by atoms with Crippen LogP contribution in [-0.2, 0) is 13.2 Å². The van der Waals surface area contributed by atoms with E-state index in [1.165, 1.54) is 0 Å². The zero-order valence-electron chi connectivity index (χ0n) is 12.8. The van der Waals surface area contributed by atoms with Gasteiger partial charge in [0, 0.05) is 18.5 Å². The van der Waals surface area contributed by atoms with Gasteiger partial charge >= 0.3 is 0 Å². The number of hydrogen-bond acceptors (Lipinski definition) is 4. The fourth-order valence-electron chi connectivity index (χ4n) is 4.09. The van der Waals surface area contributed by atoms with Crippen molar-refractivity contribution in [3.63, 3.8) is 0 Å². The molecule has 5 nitrogen and oxygen atoms in total. The smallest absolute Gasteiger partial charge is 0.261 e. The van der Waals surface area contributed by atoms with Crippen molar-refractivity contribution in [1.82, 2.24) is 14.5 Å². The van der Waals surface area contributed by atoms with Crippen LogP contribution >= 0.6 is 0 Å². The molecule has 2 aliphatic rings. The van der Waals surface area contributed by atoms with E-state index < -0.39 is 0 Å². The standard InChI is InChI=1S/C17H21N3O2/c1-19-7-2-3-12-15(19)6-8-20-16(12)18-14-5-4-11(10-21)9-13(14)17(20)22/h4-5,9,12,15,21H,2-3,6-8,10H2,1H3/t12-,15+/m0/s1. The average Bonchev–Trinajstić information content (AvgIpc) is 2.55. The number of fused-ring (bicyclic) bond motifs is 4. The van der Waals surface area contributed by atoms with Crippen molar-refractivity contribution in [1.29, 1.82) is 0 Å². The first-order valence-electron chi connectivity index (χ1n) is 8.03. The summed E-state index contributed by atoms with van der Waals surface area (Å²) in [6.07, 6.45) is 3.29. The van der Waals surface area contributed by atoms with Gasteiger partial charge in [-0.05, 0) is 50.6 Å². The molecule has 22 heavy (non-hydrogen) atoms. The molecule has 116 valence electrons. The maximum absolute atomic E-state index is 12.8. The van der Waals surface area contributed by atoms with Gasteiger partial charge in [-0.15, -0.1) is 0 Å².